The van der Waals surface area contributed by atoms with Crippen molar-refractivity contribution in [3.05, 3.63) is 63.9 Å². The summed E-state index contributed by atoms with van der Waals surface area (Å²) in [5.41, 5.74) is 0.996. The molecule has 0 atom stereocenters. The van der Waals surface area contributed by atoms with Crippen molar-refractivity contribution in [3.63, 3.8) is 0 Å². The number of benzene rings is 2. The predicted octanol–water partition coefficient (Wildman–Crippen LogP) is 4.08. The van der Waals surface area contributed by atoms with Crippen LogP contribution in [0.2, 0.25) is 10.0 Å². The molecule has 5 nitrogen and oxygen atoms in total. The van der Waals surface area contributed by atoms with E-state index in [4.69, 9.17) is 29.0 Å². The molecule has 0 fully saturated rings. The summed E-state index contributed by atoms with van der Waals surface area (Å²) in [4.78, 5) is 12.3. The quantitative estimate of drug-likeness (QED) is 0.399. The van der Waals surface area contributed by atoms with Crippen LogP contribution in [0.1, 0.15) is 10.4 Å². The van der Waals surface area contributed by atoms with Gasteiger partial charge in [-0.2, -0.15) is 0 Å². The molecule has 0 aliphatic rings. The van der Waals surface area contributed by atoms with Crippen molar-refractivity contribution in [3.8, 4) is 11.4 Å². The van der Waals surface area contributed by atoms with Gasteiger partial charge in [0.2, 0.25) is 5.16 Å². The second kappa shape index (κ2) is 7.43. The van der Waals surface area contributed by atoms with Gasteiger partial charge in [0.15, 0.2) is 11.6 Å². The van der Waals surface area contributed by atoms with Crippen LogP contribution in [-0.2, 0) is 0 Å². The number of nitrogen functional groups attached to an aromatic ring is 1. The van der Waals surface area contributed by atoms with Crippen molar-refractivity contribution in [2.45, 2.75) is 5.16 Å². The predicted molar refractivity (Wildman–Crippen MR) is 97.1 cm³/mol. The number of nitrogens with two attached hydrogens (primary N) is 1. The largest absolute Gasteiger partial charge is 0.335 e. The molecule has 0 saturated carbocycles. The van der Waals surface area contributed by atoms with Crippen molar-refractivity contribution < 1.29 is 9.18 Å². The van der Waals surface area contributed by atoms with Gasteiger partial charge in [-0.1, -0.05) is 35.0 Å². The lowest BCUT2D eigenvalue weighted by atomic mass is 10.1. The lowest BCUT2D eigenvalue weighted by Crippen LogP contribution is -2.13. The monoisotopic (exact) mass is 396 g/mol. The maximum absolute atomic E-state index is 13.0. The van der Waals surface area contributed by atoms with E-state index in [2.05, 4.69) is 10.2 Å². The fraction of sp³-hybridized carbons (Fsp3) is 0.0625. The van der Waals surface area contributed by atoms with Crippen molar-refractivity contribution in [2.75, 3.05) is 11.6 Å². The molecule has 1 aromatic heterocycles. The van der Waals surface area contributed by atoms with Gasteiger partial charge in [-0.15, -0.1) is 10.2 Å². The minimum absolute atomic E-state index is 0.0834. The molecule has 0 unspecified atom stereocenters. The first-order valence-corrected chi connectivity index (χ1v) is 8.77. The van der Waals surface area contributed by atoms with E-state index < -0.39 is 0 Å². The Morgan fingerprint density at radius 1 is 1.16 bits per heavy atom. The van der Waals surface area contributed by atoms with Gasteiger partial charge in [0.05, 0.1) is 10.8 Å². The number of ketones is 1. The number of carbonyl (C=O) groups is 1. The van der Waals surface area contributed by atoms with Crippen molar-refractivity contribution in [1.82, 2.24) is 14.9 Å². The molecule has 0 aliphatic carbocycles. The van der Waals surface area contributed by atoms with Gasteiger partial charge in [0.25, 0.3) is 0 Å². The highest BCUT2D eigenvalue weighted by Crippen LogP contribution is 2.25. The Morgan fingerprint density at radius 3 is 2.56 bits per heavy atom. The first-order chi connectivity index (χ1) is 12.0. The van der Waals surface area contributed by atoms with Crippen LogP contribution in [0.3, 0.4) is 0 Å². The standard InChI is InChI=1S/C16H11Cl2FN4OS/c17-10-3-6-12(13(18)7-10)14(24)8-25-16-22-21-15(23(16)20)9-1-4-11(19)5-2-9/h1-7H,8,20H2. The van der Waals surface area contributed by atoms with Crippen LogP contribution in [-0.4, -0.2) is 26.4 Å². The van der Waals surface area contributed by atoms with Gasteiger partial charge in [0, 0.05) is 16.1 Å². The summed E-state index contributed by atoms with van der Waals surface area (Å²) in [6.07, 6.45) is 0. The number of Topliss-reactive ketones (excluding diaryl/α,β-unsaturated/α-hetero) is 1. The van der Waals surface area contributed by atoms with E-state index in [9.17, 15) is 9.18 Å². The first kappa shape index (κ1) is 17.7. The third kappa shape index (κ3) is 3.95. The SMILES string of the molecule is Nn1c(SCC(=O)c2ccc(Cl)cc2Cl)nnc1-c1ccc(F)cc1. The molecule has 0 radical (unpaired) electrons. The number of hydrogen-bond donors (Lipinski definition) is 1. The van der Waals surface area contributed by atoms with Crippen LogP contribution >= 0.6 is 35.0 Å². The molecule has 1 heterocycles. The van der Waals surface area contributed by atoms with E-state index in [1.165, 1.54) is 22.9 Å². The second-order valence-electron chi connectivity index (χ2n) is 5.02. The molecule has 0 amide bonds. The summed E-state index contributed by atoms with van der Waals surface area (Å²) in [5, 5.41) is 9.06. The van der Waals surface area contributed by atoms with Crippen LogP contribution in [0.25, 0.3) is 11.4 Å². The van der Waals surface area contributed by atoms with Crippen LogP contribution < -0.4 is 5.84 Å². The minimum Gasteiger partial charge on any atom is -0.335 e. The topological polar surface area (TPSA) is 73.8 Å². The molecule has 2 aromatic carbocycles. The maximum Gasteiger partial charge on any atom is 0.210 e. The number of thioether (sulfide) groups is 1. The van der Waals surface area contributed by atoms with E-state index in [1.54, 1.807) is 24.3 Å². The third-order valence-electron chi connectivity index (χ3n) is 3.33. The van der Waals surface area contributed by atoms with Gasteiger partial charge < -0.3 is 5.84 Å². The number of halogens is 3. The van der Waals surface area contributed by atoms with Crippen molar-refractivity contribution in [2.24, 2.45) is 0 Å². The Kier molecular flexibility index (Phi) is 5.27. The summed E-state index contributed by atoms with van der Waals surface area (Å²) in [6.45, 7) is 0. The van der Waals surface area contributed by atoms with E-state index in [0.717, 1.165) is 11.8 Å². The van der Waals surface area contributed by atoms with Crippen LogP contribution in [0.15, 0.2) is 47.6 Å². The molecule has 0 saturated heterocycles. The van der Waals surface area contributed by atoms with Gasteiger partial charge >= 0.3 is 0 Å². The van der Waals surface area contributed by atoms with E-state index >= 15 is 0 Å². The molecule has 2 N–H and O–H groups in total. The molecule has 0 aliphatic heterocycles. The van der Waals surface area contributed by atoms with E-state index in [1.807, 2.05) is 0 Å². The Morgan fingerprint density at radius 2 is 1.88 bits per heavy atom. The molecular formula is C16H11Cl2FN4OS. The van der Waals surface area contributed by atoms with Crippen molar-refractivity contribution in [1.29, 1.82) is 0 Å². The molecular weight excluding hydrogens is 386 g/mol. The summed E-state index contributed by atoms with van der Waals surface area (Å²) < 4.78 is 14.3. The number of hydrogen-bond acceptors (Lipinski definition) is 5. The molecule has 3 rings (SSSR count). The van der Waals surface area contributed by atoms with E-state index in [0.29, 0.717) is 32.2 Å². The summed E-state index contributed by atoms with van der Waals surface area (Å²) >= 11 is 13.0. The highest BCUT2D eigenvalue weighted by atomic mass is 35.5. The van der Waals surface area contributed by atoms with Crippen molar-refractivity contribution >= 4 is 40.7 Å². The zero-order valence-electron chi connectivity index (χ0n) is 12.6. The summed E-state index contributed by atoms with van der Waals surface area (Å²) in [5.74, 6) is 5.89. The van der Waals surface area contributed by atoms with Crippen LogP contribution in [0.5, 0.6) is 0 Å². The smallest absolute Gasteiger partial charge is 0.210 e. The Bertz CT molecular complexity index is 930. The lowest BCUT2D eigenvalue weighted by Gasteiger charge is -2.05. The zero-order valence-corrected chi connectivity index (χ0v) is 14.9. The number of aromatic nitrogens is 3. The van der Waals surface area contributed by atoms with Gasteiger partial charge in [0.1, 0.15) is 5.82 Å². The first-order valence-electron chi connectivity index (χ1n) is 7.03. The lowest BCUT2D eigenvalue weighted by molar-refractivity contribution is 0.102. The highest BCUT2D eigenvalue weighted by Gasteiger charge is 2.16. The zero-order chi connectivity index (χ0) is 18.0. The average Bonchev–Trinajstić information content (AvgIpc) is 2.94. The molecule has 3 aromatic rings. The molecule has 0 spiro atoms. The summed E-state index contributed by atoms with van der Waals surface area (Å²) in [6, 6.07) is 10.4. The number of carbonyl (C=O) groups excluding carboxylic acids is 1. The Labute approximate surface area is 156 Å². The maximum atomic E-state index is 13.0. The van der Waals surface area contributed by atoms with Crippen LogP contribution in [0.4, 0.5) is 4.39 Å². The molecule has 128 valence electrons. The van der Waals surface area contributed by atoms with Gasteiger partial charge in [-0.05, 0) is 42.5 Å². The van der Waals surface area contributed by atoms with Crippen LogP contribution in [0, 0.1) is 5.82 Å². The molecule has 0 bridgehead atoms. The molecule has 9 heteroatoms. The van der Waals surface area contributed by atoms with Gasteiger partial charge in [-0.3, -0.25) is 4.79 Å². The number of rotatable bonds is 5. The Hall–Kier alpha value is -2.09. The number of nitrogens with zero attached hydrogens (tertiary/aromatic N) is 3. The van der Waals surface area contributed by atoms with E-state index in [-0.39, 0.29) is 17.4 Å². The summed E-state index contributed by atoms with van der Waals surface area (Å²) in [7, 11) is 0. The highest BCUT2D eigenvalue weighted by molar-refractivity contribution is 7.99. The normalized spacial score (nSPS) is 10.8. The third-order valence-corrected chi connectivity index (χ3v) is 4.82. The Balaban J connectivity index is 1.74. The molecule has 25 heavy (non-hydrogen) atoms. The average molecular weight is 397 g/mol. The fourth-order valence-electron chi connectivity index (χ4n) is 2.09. The fourth-order valence-corrected chi connectivity index (χ4v) is 3.35. The second-order valence-corrected chi connectivity index (χ2v) is 6.81. The van der Waals surface area contributed by atoms with Gasteiger partial charge in [-0.25, -0.2) is 9.07 Å². The minimum atomic E-state index is -0.355.